The molecule has 0 fully saturated rings. The second kappa shape index (κ2) is 5.05. The summed E-state index contributed by atoms with van der Waals surface area (Å²) in [6, 6.07) is 0. The number of nitrogens with zero attached hydrogens (tertiary/aromatic N) is 3. The highest BCUT2D eigenvalue weighted by Crippen LogP contribution is 2.18. The number of hydrogen-bond acceptors (Lipinski definition) is 5. The number of rotatable bonds is 4. The molecule has 82 valence electrons. The van der Waals surface area contributed by atoms with Gasteiger partial charge in [-0.25, -0.2) is 14.3 Å². The molecule has 1 aromatic rings. The average Bonchev–Trinajstić information content (AvgIpc) is 2.47. The molecule has 0 aliphatic heterocycles. The number of nitro groups is 1. The van der Waals surface area contributed by atoms with Crippen molar-refractivity contribution >= 4 is 34.4 Å². The maximum atomic E-state index is 11.1. The van der Waals surface area contributed by atoms with Gasteiger partial charge >= 0.3 is 11.8 Å². The SMILES string of the molecule is CCOC(=O)Cn1cnc(I)c1[N+](=O)[O-]. The van der Waals surface area contributed by atoms with Gasteiger partial charge in [-0.1, -0.05) is 0 Å². The Bertz CT molecular complexity index is 390. The summed E-state index contributed by atoms with van der Waals surface area (Å²) in [4.78, 5) is 24.9. The largest absolute Gasteiger partial charge is 0.463 e. The van der Waals surface area contributed by atoms with Crippen LogP contribution in [-0.2, 0) is 16.1 Å². The topological polar surface area (TPSA) is 87.3 Å². The Morgan fingerprint density at radius 3 is 3.00 bits per heavy atom. The third-order valence-corrected chi connectivity index (χ3v) is 2.31. The lowest BCUT2D eigenvalue weighted by Gasteiger charge is -2.00. The van der Waals surface area contributed by atoms with Crippen molar-refractivity contribution in [3.8, 4) is 0 Å². The fraction of sp³-hybridized carbons (Fsp3) is 0.429. The zero-order valence-electron chi connectivity index (χ0n) is 7.84. The van der Waals surface area contributed by atoms with Crippen LogP contribution in [0.1, 0.15) is 6.92 Å². The van der Waals surface area contributed by atoms with E-state index in [1.807, 2.05) is 0 Å². The second-order valence-electron chi connectivity index (χ2n) is 2.55. The highest BCUT2D eigenvalue weighted by molar-refractivity contribution is 14.1. The summed E-state index contributed by atoms with van der Waals surface area (Å²) in [5, 5.41) is 10.6. The van der Waals surface area contributed by atoms with Gasteiger partial charge in [0.1, 0.15) is 0 Å². The summed E-state index contributed by atoms with van der Waals surface area (Å²) in [7, 11) is 0. The highest BCUT2D eigenvalue weighted by Gasteiger charge is 2.21. The van der Waals surface area contributed by atoms with E-state index in [4.69, 9.17) is 0 Å². The summed E-state index contributed by atoms with van der Waals surface area (Å²) in [5.41, 5.74) is 0. The molecule has 0 atom stereocenters. The number of carbonyl (C=O) groups is 1. The zero-order valence-corrected chi connectivity index (χ0v) is 10.0. The van der Waals surface area contributed by atoms with Crippen LogP contribution in [0, 0.1) is 13.8 Å². The molecule has 0 spiro atoms. The van der Waals surface area contributed by atoms with Crippen LogP contribution >= 0.6 is 22.6 Å². The van der Waals surface area contributed by atoms with Gasteiger partial charge in [-0.05, 0) is 34.4 Å². The molecule has 0 amide bonds. The van der Waals surface area contributed by atoms with Crippen LogP contribution in [0.3, 0.4) is 0 Å². The van der Waals surface area contributed by atoms with Crippen molar-refractivity contribution in [2.75, 3.05) is 6.61 Å². The maximum Gasteiger partial charge on any atom is 0.356 e. The van der Waals surface area contributed by atoms with Gasteiger partial charge in [-0.3, -0.25) is 0 Å². The van der Waals surface area contributed by atoms with Crippen LogP contribution < -0.4 is 0 Å². The lowest BCUT2D eigenvalue weighted by Crippen LogP contribution is -2.14. The molecule has 0 aliphatic carbocycles. The second-order valence-corrected chi connectivity index (χ2v) is 3.57. The zero-order chi connectivity index (χ0) is 11.4. The van der Waals surface area contributed by atoms with Crippen LogP contribution in [0.25, 0.3) is 0 Å². The smallest absolute Gasteiger partial charge is 0.356 e. The molecule has 0 saturated heterocycles. The third kappa shape index (κ3) is 2.88. The quantitative estimate of drug-likeness (QED) is 0.356. The minimum atomic E-state index is -0.575. The maximum absolute atomic E-state index is 11.1. The van der Waals surface area contributed by atoms with Crippen molar-refractivity contribution in [1.29, 1.82) is 0 Å². The fourth-order valence-electron chi connectivity index (χ4n) is 0.993. The van der Waals surface area contributed by atoms with Crippen molar-refractivity contribution in [2.45, 2.75) is 13.5 Å². The van der Waals surface area contributed by atoms with E-state index in [1.54, 1.807) is 29.5 Å². The third-order valence-electron chi connectivity index (χ3n) is 1.54. The van der Waals surface area contributed by atoms with Crippen molar-refractivity contribution in [1.82, 2.24) is 9.55 Å². The molecule has 1 rings (SSSR count). The first-order valence-electron chi connectivity index (χ1n) is 4.07. The molecule has 7 nitrogen and oxygen atoms in total. The molecule has 0 unspecified atom stereocenters. The van der Waals surface area contributed by atoms with E-state index in [9.17, 15) is 14.9 Å². The number of imidazole rings is 1. The number of hydrogen-bond donors (Lipinski definition) is 0. The molecule has 0 N–H and O–H groups in total. The van der Waals surface area contributed by atoms with Crippen molar-refractivity contribution in [2.24, 2.45) is 0 Å². The summed E-state index contributed by atoms with van der Waals surface area (Å²) in [6.45, 7) is 1.72. The lowest BCUT2D eigenvalue weighted by molar-refractivity contribution is -0.393. The molecule has 0 radical (unpaired) electrons. The van der Waals surface area contributed by atoms with Gasteiger partial charge in [0.05, 0.1) is 6.61 Å². The normalized spacial score (nSPS) is 10.0. The van der Waals surface area contributed by atoms with Gasteiger partial charge in [0.15, 0.2) is 16.6 Å². The first kappa shape index (κ1) is 11.9. The predicted molar refractivity (Wildman–Crippen MR) is 58.2 cm³/mol. The molecule has 0 bridgehead atoms. The Kier molecular flexibility index (Phi) is 4.00. The van der Waals surface area contributed by atoms with Crippen LogP contribution in [0.5, 0.6) is 0 Å². The summed E-state index contributed by atoms with van der Waals surface area (Å²) >= 11 is 1.74. The number of carbonyl (C=O) groups excluding carboxylic acids is 1. The Labute approximate surface area is 98.7 Å². The van der Waals surface area contributed by atoms with Crippen molar-refractivity contribution in [3.05, 3.63) is 20.1 Å². The average molecular weight is 325 g/mol. The van der Waals surface area contributed by atoms with Gasteiger partial charge in [0.2, 0.25) is 0 Å². The number of halogens is 1. The standard InChI is InChI=1S/C7H8IN3O4/c1-2-15-5(12)3-10-4-9-6(8)7(10)11(13)14/h4H,2-3H2,1H3. The minimum absolute atomic E-state index is 0.191. The number of ether oxygens (including phenoxy) is 1. The Morgan fingerprint density at radius 1 is 1.80 bits per heavy atom. The summed E-state index contributed by atoms with van der Waals surface area (Å²) in [5.74, 6) is -0.710. The summed E-state index contributed by atoms with van der Waals surface area (Å²) < 4.78 is 6.08. The van der Waals surface area contributed by atoms with Gasteiger partial charge in [-0.15, -0.1) is 0 Å². The van der Waals surface area contributed by atoms with Crippen LogP contribution in [0.15, 0.2) is 6.33 Å². The molecular formula is C7H8IN3O4. The van der Waals surface area contributed by atoms with E-state index in [-0.39, 0.29) is 22.7 Å². The Hall–Kier alpha value is -1.19. The Morgan fingerprint density at radius 2 is 2.47 bits per heavy atom. The highest BCUT2D eigenvalue weighted by atomic mass is 127. The van der Waals surface area contributed by atoms with E-state index >= 15 is 0 Å². The van der Waals surface area contributed by atoms with E-state index in [0.717, 1.165) is 4.57 Å². The lowest BCUT2D eigenvalue weighted by atomic mass is 10.6. The van der Waals surface area contributed by atoms with Gasteiger partial charge in [0.25, 0.3) is 0 Å². The first-order chi connectivity index (χ1) is 7.06. The van der Waals surface area contributed by atoms with Crippen LogP contribution in [-0.4, -0.2) is 27.1 Å². The molecule has 15 heavy (non-hydrogen) atoms. The van der Waals surface area contributed by atoms with Gasteiger partial charge in [-0.2, -0.15) is 0 Å². The molecule has 0 saturated carbocycles. The van der Waals surface area contributed by atoms with E-state index < -0.39 is 10.9 Å². The van der Waals surface area contributed by atoms with Crippen molar-refractivity contribution < 1.29 is 14.5 Å². The van der Waals surface area contributed by atoms with E-state index in [0.29, 0.717) is 0 Å². The first-order valence-corrected chi connectivity index (χ1v) is 5.14. The van der Waals surface area contributed by atoms with Gasteiger partial charge in [0, 0.05) is 0 Å². The molecule has 1 aromatic heterocycles. The van der Waals surface area contributed by atoms with Crippen LogP contribution in [0.2, 0.25) is 0 Å². The molecule has 0 aromatic carbocycles. The molecule has 0 aliphatic rings. The Balaban J connectivity index is 2.86. The van der Waals surface area contributed by atoms with Crippen molar-refractivity contribution in [3.63, 3.8) is 0 Å². The monoisotopic (exact) mass is 325 g/mol. The van der Waals surface area contributed by atoms with E-state index in [1.165, 1.54) is 6.33 Å². The number of aromatic nitrogens is 2. The molecule has 1 heterocycles. The predicted octanol–water partition coefficient (Wildman–Crippen LogP) is 0.959. The fourth-order valence-corrected chi connectivity index (χ4v) is 1.62. The van der Waals surface area contributed by atoms with E-state index in [2.05, 4.69) is 9.72 Å². The number of esters is 1. The minimum Gasteiger partial charge on any atom is -0.463 e. The van der Waals surface area contributed by atoms with Crippen LogP contribution in [0.4, 0.5) is 5.82 Å². The molecule has 8 heteroatoms. The summed E-state index contributed by atoms with van der Waals surface area (Å²) in [6.07, 6.45) is 1.25. The van der Waals surface area contributed by atoms with Gasteiger partial charge < -0.3 is 14.9 Å². The molecular weight excluding hydrogens is 317 g/mol.